The van der Waals surface area contributed by atoms with Crippen LogP contribution in [0.3, 0.4) is 0 Å². The summed E-state index contributed by atoms with van der Waals surface area (Å²) >= 11 is 0. The normalized spacial score (nSPS) is 12.0. The fraction of sp³-hybridized carbons (Fsp3) is 0.233. The van der Waals surface area contributed by atoms with Crippen LogP contribution in [0, 0.1) is 23.4 Å². The van der Waals surface area contributed by atoms with Gasteiger partial charge in [-0.2, -0.15) is 0 Å². The quantitative estimate of drug-likeness (QED) is 0.232. The number of carbonyl (C=O) groups is 1. The van der Waals surface area contributed by atoms with E-state index in [0.717, 1.165) is 12.8 Å². The summed E-state index contributed by atoms with van der Waals surface area (Å²) in [7, 11) is 1.35. The number of fused-ring (bicyclic) bond motifs is 1. The highest BCUT2D eigenvalue weighted by atomic mass is 19.2. The third kappa shape index (κ3) is 5.73. The topological polar surface area (TPSA) is 26.3 Å². The maximum absolute atomic E-state index is 14.8. The molecule has 0 aliphatic heterocycles. The van der Waals surface area contributed by atoms with Crippen molar-refractivity contribution in [3.63, 3.8) is 0 Å². The molecule has 0 aromatic heterocycles. The van der Waals surface area contributed by atoms with Crippen molar-refractivity contribution in [1.29, 1.82) is 0 Å². The Hall–Kier alpha value is -3.60. The van der Waals surface area contributed by atoms with Crippen LogP contribution in [0.25, 0.3) is 21.9 Å². The molecule has 180 valence electrons. The highest BCUT2D eigenvalue weighted by molar-refractivity contribution is 5.85. The Morgan fingerprint density at radius 3 is 2.29 bits per heavy atom. The molecule has 2 nitrogen and oxygen atoms in total. The van der Waals surface area contributed by atoms with Crippen LogP contribution >= 0.6 is 0 Å². The Balaban J connectivity index is 1.42. The number of ether oxygens (including phenoxy) is 1. The minimum atomic E-state index is -0.973. The van der Waals surface area contributed by atoms with E-state index in [-0.39, 0.29) is 23.5 Å². The summed E-state index contributed by atoms with van der Waals surface area (Å²) in [4.78, 5) is 12.4. The summed E-state index contributed by atoms with van der Waals surface area (Å²) in [6.07, 6.45) is 2.74. The van der Waals surface area contributed by atoms with Gasteiger partial charge in [0.15, 0.2) is 11.6 Å². The fourth-order valence-corrected chi connectivity index (χ4v) is 4.56. The predicted molar refractivity (Wildman–Crippen MR) is 132 cm³/mol. The molecule has 5 heteroatoms. The second-order valence-corrected chi connectivity index (χ2v) is 8.70. The van der Waals surface area contributed by atoms with Gasteiger partial charge in [0.05, 0.1) is 13.0 Å². The lowest BCUT2D eigenvalue weighted by Crippen LogP contribution is -2.18. The average Bonchev–Trinajstić information content (AvgIpc) is 2.88. The van der Waals surface area contributed by atoms with Gasteiger partial charge in [0, 0.05) is 5.56 Å². The van der Waals surface area contributed by atoms with Gasteiger partial charge in [0.2, 0.25) is 0 Å². The first-order valence-corrected chi connectivity index (χ1v) is 11.7. The summed E-state index contributed by atoms with van der Waals surface area (Å²) < 4.78 is 47.7. The van der Waals surface area contributed by atoms with Gasteiger partial charge in [-0.1, -0.05) is 66.7 Å². The van der Waals surface area contributed by atoms with E-state index in [4.69, 9.17) is 4.74 Å². The monoisotopic (exact) mass is 476 g/mol. The van der Waals surface area contributed by atoms with E-state index in [9.17, 15) is 18.0 Å². The number of esters is 1. The molecule has 4 aromatic carbocycles. The van der Waals surface area contributed by atoms with Crippen LogP contribution in [0.5, 0.6) is 0 Å². The zero-order valence-electron chi connectivity index (χ0n) is 19.6. The molecule has 1 atom stereocenters. The molecule has 0 fully saturated rings. The molecule has 0 N–H and O–H groups in total. The van der Waals surface area contributed by atoms with Gasteiger partial charge in [-0.15, -0.1) is 0 Å². The number of methoxy groups -OCH3 is 1. The number of hydrogen-bond acceptors (Lipinski definition) is 2. The molecule has 4 rings (SSSR count). The maximum Gasteiger partial charge on any atom is 0.308 e. The van der Waals surface area contributed by atoms with Crippen LogP contribution in [0.2, 0.25) is 0 Å². The van der Waals surface area contributed by atoms with Crippen molar-refractivity contribution in [3.05, 3.63) is 107 Å². The maximum atomic E-state index is 14.8. The number of hydrogen-bond donors (Lipinski definition) is 0. The minimum Gasteiger partial charge on any atom is -0.469 e. The minimum absolute atomic E-state index is 0.0749. The Bertz CT molecular complexity index is 1310. The zero-order valence-corrected chi connectivity index (χ0v) is 19.6. The molecular weight excluding hydrogens is 449 g/mol. The molecule has 0 amide bonds. The molecule has 0 heterocycles. The summed E-state index contributed by atoms with van der Waals surface area (Å²) in [5, 5.41) is 2.37. The van der Waals surface area contributed by atoms with Crippen LogP contribution in [-0.2, 0) is 22.4 Å². The van der Waals surface area contributed by atoms with Gasteiger partial charge < -0.3 is 4.74 Å². The van der Waals surface area contributed by atoms with Gasteiger partial charge in [0.1, 0.15) is 5.82 Å². The average molecular weight is 477 g/mol. The number of carbonyl (C=O) groups excluding carboxylic acids is 1. The first kappa shape index (κ1) is 24.5. The highest BCUT2D eigenvalue weighted by Gasteiger charge is 2.21. The lowest BCUT2D eigenvalue weighted by Gasteiger charge is -2.16. The van der Waals surface area contributed by atoms with Gasteiger partial charge >= 0.3 is 5.97 Å². The molecule has 0 aliphatic rings. The second-order valence-electron chi connectivity index (χ2n) is 8.70. The van der Waals surface area contributed by atoms with E-state index in [1.807, 2.05) is 18.2 Å². The van der Waals surface area contributed by atoms with E-state index < -0.39 is 23.4 Å². The first-order valence-electron chi connectivity index (χ1n) is 11.7. The lowest BCUT2D eigenvalue weighted by molar-refractivity contribution is -0.145. The molecule has 4 aromatic rings. The summed E-state index contributed by atoms with van der Waals surface area (Å²) in [5.74, 6) is -3.10. The summed E-state index contributed by atoms with van der Waals surface area (Å²) in [5.41, 5.74) is 1.90. The Morgan fingerprint density at radius 1 is 0.771 bits per heavy atom. The van der Waals surface area contributed by atoms with E-state index in [2.05, 4.69) is 24.3 Å². The van der Waals surface area contributed by atoms with Crippen molar-refractivity contribution < 1.29 is 22.7 Å². The molecular formula is C30H27F3O2. The standard InChI is InChI=1S/C30H27F3O2/c1-35-30(34)24(10-5-9-21-8-4-7-20-6-2-3-11-26(20)21)13-12-23-16-19-27(29(33)28(23)32)22-14-17-25(31)18-15-22/h2-4,6-8,11,14-19,24H,5,9-10,12-13H2,1H3. The largest absolute Gasteiger partial charge is 0.469 e. The summed E-state index contributed by atoms with van der Waals surface area (Å²) in [6, 6.07) is 22.7. The number of aryl methyl sites for hydroxylation is 2. The number of benzene rings is 4. The first-order chi connectivity index (χ1) is 17.0. The van der Waals surface area contributed by atoms with Crippen molar-refractivity contribution in [3.8, 4) is 11.1 Å². The Kier molecular flexibility index (Phi) is 7.86. The van der Waals surface area contributed by atoms with E-state index in [0.29, 0.717) is 18.4 Å². The van der Waals surface area contributed by atoms with Crippen molar-refractivity contribution in [2.24, 2.45) is 5.92 Å². The van der Waals surface area contributed by atoms with E-state index in [1.54, 1.807) is 0 Å². The predicted octanol–water partition coefficient (Wildman–Crippen LogP) is 7.67. The van der Waals surface area contributed by atoms with Crippen molar-refractivity contribution in [1.82, 2.24) is 0 Å². The molecule has 0 saturated heterocycles. The zero-order chi connectivity index (χ0) is 24.8. The highest BCUT2D eigenvalue weighted by Crippen LogP contribution is 2.29. The fourth-order valence-electron chi connectivity index (χ4n) is 4.56. The Labute approximate surface area is 203 Å². The third-order valence-corrected chi connectivity index (χ3v) is 6.49. The summed E-state index contributed by atoms with van der Waals surface area (Å²) in [6.45, 7) is 0. The van der Waals surface area contributed by atoms with Crippen molar-refractivity contribution in [2.75, 3.05) is 7.11 Å². The van der Waals surface area contributed by atoms with Crippen molar-refractivity contribution >= 4 is 16.7 Å². The van der Waals surface area contributed by atoms with Crippen molar-refractivity contribution in [2.45, 2.75) is 32.1 Å². The van der Waals surface area contributed by atoms with E-state index in [1.165, 1.54) is 59.8 Å². The molecule has 0 radical (unpaired) electrons. The van der Waals surface area contributed by atoms with Crippen LogP contribution in [0.15, 0.2) is 78.9 Å². The smallest absolute Gasteiger partial charge is 0.308 e. The van der Waals surface area contributed by atoms with Crippen LogP contribution < -0.4 is 0 Å². The van der Waals surface area contributed by atoms with Crippen LogP contribution in [0.1, 0.15) is 30.4 Å². The second kappa shape index (κ2) is 11.2. The third-order valence-electron chi connectivity index (χ3n) is 6.49. The Morgan fingerprint density at radius 2 is 1.51 bits per heavy atom. The van der Waals surface area contributed by atoms with E-state index >= 15 is 0 Å². The molecule has 35 heavy (non-hydrogen) atoms. The SMILES string of the molecule is COC(=O)C(CCCc1cccc2ccccc12)CCc1ccc(-c2ccc(F)cc2)c(F)c1F. The molecule has 1 unspecified atom stereocenters. The van der Waals surface area contributed by atoms with Crippen LogP contribution in [0.4, 0.5) is 13.2 Å². The number of rotatable bonds is 9. The van der Waals surface area contributed by atoms with Crippen LogP contribution in [-0.4, -0.2) is 13.1 Å². The molecule has 0 spiro atoms. The van der Waals surface area contributed by atoms with Gasteiger partial charge in [-0.3, -0.25) is 4.79 Å². The van der Waals surface area contributed by atoms with Gasteiger partial charge in [-0.25, -0.2) is 13.2 Å². The number of halogens is 3. The van der Waals surface area contributed by atoms with Gasteiger partial charge in [-0.05, 0) is 71.7 Å². The van der Waals surface area contributed by atoms with Gasteiger partial charge in [0.25, 0.3) is 0 Å². The molecule has 0 aliphatic carbocycles. The molecule has 0 saturated carbocycles. The lowest BCUT2D eigenvalue weighted by atomic mass is 9.91. The molecule has 0 bridgehead atoms.